The van der Waals surface area contributed by atoms with Gasteiger partial charge in [0.1, 0.15) is 11.4 Å². The van der Waals surface area contributed by atoms with Crippen molar-refractivity contribution in [3.05, 3.63) is 48.2 Å². The predicted octanol–water partition coefficient (Wildman–Crippen LogP) is 2.63. The van der Waals surface area contributed by atoms with Gasteiger partial charge >= 0.3 is 0 Å². The van der Waals surface area contributed by atoms with Gasteiger partial charge in [-0.05, 0) is 24.3 Å². The van der Waals surface area contributed by atoms with Gasteiger partial charge in [0, 0.05) is 11.8 Å². The molecular formula is C13H10N2O. The van der Waals surface area contributed by atoms with Gasteiger partial charge in [-0.25, -0.2) is 0 Å². The van der Waals surface area contributed by atoms with Crippen LogP contribution in [0.5, 0.6) is 5.75 Å². The van der Waals surface area contributed by atoms with Crippen molar-refractivity contribution in [3.8, 4) is 23.1 Å². The molecule has 0 fully saturated rings. The highest BCUT2D eigenvalue weighted by Gasteiger charge is 2.06. The van der Waals surface area contributed by atoms with E-state index in [1.807, 2.05) is 24.3 Å². The lowest BCUT2D eigenvalue weighted by Crippen LogP contribution is -1.90. The van der Waals surface area contributed by atoms with Gasteiger partial charge in [-0.3, -0.25) is 4.98 Å². The van der Waals surface area contributed by atoms with Gasteiger partial charge in [0.2, 0.25) is 0 Å². The van der Waals surface area contributed by atoms with Crippen LogP contribution in [0.2, 0.25) is 0 Å². The third kappa shape index (κ3) is 1.86. The average molecular weight is 210 g/mol. The Morgan fingerprint density at radius 1 is 1.25 bits per heavy atom. The Bertz CT molecular complexity index is 544. The summed E-state index contributed by atoms with van der Waals surface area (Å²) in [5, 5.41) is 8.83. The summed E-state index contributed by atoms with van der Waals surface area (Å²) >= 11 is 0. The van der Waals surface area contributed by atoms with E-state index >= 15 is 0 Å². The Morgan fingerprint density at radius 3 is 2.88 bits per heavy atom. The molecule has 0 radical (unpaired) electrons. The Labute approximate surface area is 93.9 Å². The molecule has 2 rings (SSSR count). The van der Waals surface area contributed by atoms with Crippen molar-refractivity contribution < 1.29 is 4.74 Å². The van der Waals surface area contributed by atoms with Crippen LogP contribution in [-0.4, -0.2) is 12.1 Å². The molecule has 0 unspecified atom stereocenters. The molecule has 0 aliphatic rings. The molecular weight excluding hydrogens is 200 g/mol. The normalized spacial score (nSPS) is 9.50. The second-order valence-corrected chi connectivity index (χ2v) is 3.25. The van der Waals surface area contributed by atoms with E-state index in [4.69, 9.17) is 10.00 Å². The number of benzene rings is 1. The van der Waals surface area contributed by atoms with Crippen molar-refractivity contribution in [1.29, 1.82) is 5.26 Å². The maximum atomic E-state index is 8.83. The number of hydrogen-bond acceptors (Lipinski definition) is 3. The van der Waals surface area contributed by atoms with Crippen LogP contribution in [0.4, 0.5) is 0 Å². The van der Waals surface area contributed by atoms with Crippen molar-refractivity contribution in [2.45, 2.75) is 0 Å². The van der Waals surface area contributed by atoms with Gasteiger partial charge in [-0.2, -0.15) is 5.26 Å². The van der Waals surface area contributed by atoms with Crippen LogP contribution in [0.1, 0.15) is 5.56 Å². The standard InChI is InChI=1S/C13H10N2O/c1-16-12-6-3-7-15-13(12)11-5-2-4-10(8-11)9-14/h2-8H,1H3. The molecule has 78 valence electrons. The molecule has 0 aliphatic heterocycles. The van der Waals surface area contributed by atoms with Crippen LogP contribution in [-0.2, 0) is 0 Å². The van der Waals surface area contributed by atoms with E-state index < -0.39 is 0 Å². The number of aromatic nitrogens is 1. The second kappa shape index (κ2) is 4.45. The zero-order chi connectivity index (χ0) is 11.4. The number of pyridine rings is 1. The van der Waals surface area contributed by atoms with Gasteiger partial charge in [-0.1, -0.05) is 12.1 Å². The molecule has 1 aromatic carbocycles. The number of ether oxygens (including phenoxy) is 1. The summed E-state index contributed by atoms with van der Waals surface area (Å²) in [5.74, 6) is 0.706. The number of rotatable bonds is 2. The van der Waals surface area contributed by atoms with Crippen LogP contribution in [0.3, 0.4) is 0 Å². The van der Waals surface area contributed by atoms with E-state index in [1.54, 1.807) is 25.4 Å². The first-order valence-corrected chi connectivity index (χ1v) is 4.84. The zero-order valence-corrected chi connectivity index (χ0v) is 8.84. The maximum absolute atomic E-state index is 8.83. The van der Waals surface area contributed by atoms with Crippen LogP contribution in [0.15, 0.2) is 42.6 Å². The molecule has 3 heteroatoms. The van der Waals surface area contributed by atoms with E-state index in [-0.39, 0.29) is 0 Å². The predicted molar refractivity (Wildman–Crippen MR) is 60.9 cm³/mol. The molecule has 3 nitrogen and oxygen atoms in total. The molecule has 0 amide bonds. The Kier molecular flexibility index (Phi) is 2.84. The van der Waals surface area contributed by atoms with E-state index in [0.717, 1.165) is 11.3 Å². The summed E-state index contributed by atoms with van der Waals surface area (Å²) in [7, 11) is 1.61. The van der Waals surface area contributed by atoms with Gasteiger partial charge in [0.05, 0.1) is 18.7 Å². The lowest BCUT2D eigenvalue weighted by Gasteiger charge is -2.06. The SMILES string of the molecule is COc1cccnc1-c1cccc(C#N)c1. The first-order chi connectivity index (χ1) is 7.85. The largest absolute Gasteiger partial charge is 0.494 e. The quantitative estimate of drug-likeness (QED) is 0.765. The fraction of sp³-hybridized carbons (Fsp3) is 0.0769. The van der Waals surface area contributed by atoms with Gasteiger partial charge in [-0.15, -0.1) is 0 Å². The topological polar surface area (TPSA) is 45.9 Å². The summed E-state index contributed by atoms with van der Waals surface area (Å²) in [6.07, 6.45) is 1.71. The monoisotopic (exact) mass is 210 g/mol. The summed E-state index contributed by atoms with van der Waals surface area (Å²) in [4.78, 5) is 4.26. The third-order valence-electron chi connectivity index (χ3n) is 2.26. The second-order valence-electron chi connectivity index (χ2n) is 3.25. The summed E-state index contributed by atoms with van der Waals surface area (Å²) in [6, 6.07) is 13.1. The third-order valence-corrected chi connectivity index (χ3v) is 2.26. The fourth-order valence-electron chi connectivity index (χ4n) is 1.51. The van der Waals surface area contributed by atoms with Crippen molar-refractivity contribution in [2.24, 2.45) is 0 Å². The summed E-state index contributed by atoms with van der Waals surface area (Å²) in [5.41, 5.74) is 2.25. The molecule has 0 saturated heterocycles. The van der Waals surface area contributed by atoms with Crippen LogP contribution in [0.25, 0.3) is 11.3 Å². The molecule has 2 aromatic rings. The lowest BCUT2D eigenvalue weighted by atomic mass is 10.1. The van der Waals surface area contributed by atoms with E-state index in [1.165, 1.54) is 0 Å². The van der Waals surface area contributed by atoms with Crippen LogP contribution in [0, 0.1) is 11.3 Å². The summed E-state index contributed by atoms with van der Waals surface area (Å²) < 4.78 is 5.23. The van der Waals surface area contributed by atoms with Gasteiger partial charge in [0.15, 0.2) is 0 Å². The Hall–Kier alpha value is -2.34. The number of methoxy groups -OCH3 is 1. The summed E-state index contributed by atoms with van der Waals surface area (Å²) in [6.45, 7) is 0. The van der Waals surface area contributed by atoms with Crippen molar-refractivity contribution >= 4 is 0 Å². The number of nitrogens with zero attached hydrogens (tertiary/aromatic N) is 2. The molecule has 0 atom stereocenters. The minimum absolute atomic E-state index is 0.616. The molecule has 0 N–H and O–H groups in total. The molecule has 16 heavy (non-hydrogen) atoms. The molecule has 0 spiro atoms. The smallest absolute Gasteiger partial charge is 0.145 e. The zero-order valence-electron chi connectivity index (χ0n) is 8.84. The van der Waals surface area contributed by atoms with E-state index in [2.05, 4.69) is 11.1 Å². The number of nitriles is 1. The van der Waals surface area contributed by atoms with Crippen LogP contribution >= 0.6 is 0 Å². The van der Waals surface area contributed by atoms with Crippen molar-refractivity contribution in [2.75, 3.05) is 7.11 Å². The highest BCUT2D eigenvalue weighted by Crippen LogP contribution is 2.27. The minimum atomic E-state index is 0.616. The molecule has 1 aromatic heterocycles. The highest BCUT2D eigenvalue weighted by atomic mass is 16.5. The maximum Gasteiger partial charge on any atom is 0.145 e. The van der Waals surface area contributed by atoms with Gasteiger partial charge in [0.25, 0.3) is 0 Å². The van der Waals surface area contributed by atoms with Crippen molar-refractivity contribution in [3.63, 3.8) is 0 Å². The fourth-order valence-corrected chi connectivity index (χ4v) is 1.51. The molecule has 0 saturated carbocycles. The lowest BCUT2D eigenvalue weighted by molar-refractivity contribution is 0.415. The number of hydrogen-bond donors (Lipinski definition) is 0. The van der Waals surface area contributed by atoms with E-state index in [0.29, 0.717) is 11.3 Å². The van der Waals surface area contributed by atoms with Crippen LogP contribution < -0.4 is 4.74 Å². The van der Waals surface area contributed by atoms with Crippen molar-refractivity contribution in [1.82, 2.24) is 4.98 Å². The first kappa shape index (κ1) is 10.2. The molecule has 1 heterocycles. The molecule has 0 bridgehead atoms. The first-order valence-electron chi connectivity index (χ1n) is 4.84. The highest BCUT2D eigenvalue weighted by molar-refractivity contribution is 5.67. The Balaban J connectivity index is 2.54. The van der Waals surface area contributed by atoms with E-state index in [9.17, 15) is 0 Å². The molecule has 0 aliphatic carbocycles. The Morgan fingerprint density at radius 2 is 2.12 bits per heavy atom. The average Bonchev–Trinajstić information content (AvgIpc) is 2.38. The minimum Gasteiger partial charge on any atom is -0.494 e. The van der Waals surface area contributed by atoms with Gasteiger partial charge < -0.3 is 4.74 Å².